The molecule has 1 aliphatic rings. The van der Waals surface area contributed by atoms with E-state index >= 15 is 0 Å². The number of esters is 1. The Balaban J connectivity index is 1.69. The predicted octanol–water partition coefficient (Wildman–Crippen LogP) is 2.15. The van der Waals surface area contributed by atoms with E-state index in [0.717, 1.165) is 18.4 Å². The molecule has 8 heteroatoms. The first-order valence-electron chi connectivity index (χ1n) is 9.70. The number of sulfonamides is 1. The summed E-state index contributed by atoms with van der Waals surface area (Å²) in [5.41, 5.74) is 0.956. The van der Waals surface area contributed by atoms with E-state index in [4.69, 9.17) is 4.74 Å². The second-order valence-corrected chi connectivity index (χ2v) is 9.33. The van der Waals surface area contributed by atoms with Gasteiger partial charge in [-0.05, 0) is 37.3 Å². The number of ether oxygens (including phenoxy) is 1. The van der Waals surface area contributed by atoms with Crippen LogP contribution in [0.3, 0.4) is 0 Å². The number of nitrogens with one attached hydrogen (secondary N) is 2. The molecule has 0 radical (unpaired) electrons. The minimum atomic E-state index is -3.67. The Morgan fingerprint density at radius 3 is 2.50 bits per heavy atom. The summed E-state index contributed by atoms with van der Waals surface area (Å²) in [4.78, 5) is 23.9. The highest BCUT2D eigenvalue weighted by Gasteiger charge is 2.28. The van der Waals surface area contributed by atoms with Gasteiger partial charge in [-0.3, -0.25) is 9.59 Å². The van der Waals surface area contributed by atoms with E-state index in [1.165, 1.54) is 18.6 Å². The zero-order valence-corrected chi connectivity index (χ0v) is 17.6. The molecule has 3 atom stereocenters. The number of rotatable bonds is 8. The number of hydrogen-bond acceptors (Lipinski definition) is 5. The Kier molecular flexibility index (Phi) is 8.00. The van der Waals surface area contributed by atoms with E-state index in [2.05, 4.69) is 23.9 Å². The monoisotopic (exact) mass is 410 g/mol. The molecule has 2 N–H and O–H groups in total. The van der Waals surface area contributed by atoms with Crippen molar-refractivity contribution in [1.82, 2.24) is 10.0 Å². The van der Waals surface area contributed by atoms with Crippen LogP contribution in [0.25, 0.3) is 0 Å². The second-order valence-electron chi connectivity index (χ2n) is 7.56. The van der Waals surface area contributed by atoms with Crippen LogP contribution in [0.4, 0.5) is 0 Å². The van der Waals surface area contributed by atoms with Crippen molar-refractivity contribution in [1.29, 1.82) is 0 Å². The fourth-order valence-electron chi connectivity index (χ4n) is 3.34. The van der Waals surface area contributed by atoms with Crippen molar-refractivity contribution >= 4 is 21.9 Å². The number of carbonyl (C=O) groups excluding carboxylic acids is 2. The Labute approximate surface area is 167 Å². The molecular formula is C20H30N2O5S. The summed E-state index contributed by atoms with van der Waals surface area (Å²) in [5, 5.41) is 2.93. The summed E-state index contributed by atoms with van der Waals surface area (Å²) in [5.74, 6) is 0.0130. The van der Waals surface area contributed by atoms with Gasteiger partial charge in [-0.2, -0.15) is 0 Å². The van der Waals surface area contributed by atoms with E-state index < -0.39 is 16.0 Å². The predicted molar refractivity (Wildman–Crippen MR) is 106 cm³/mol. The maximum absolute atomic E-state index is 12.1. The SMILES string of the molecule is Cc1ccc(S(=O)(=O)NCCC(=O)OCC(=O)N[C@H]2CCC[C@@H](C)[C@@H]2C)cc1. The third kappa shape index (κ3) is 6.60. The van der Waals surface area contributed by atoms with Gasteiger partial charge < -0.3 is 10.1 Å². The Bertz CT molecular complexity index is 776. The largest absolute Gasteiger partial charge is 0.456 e. The van der Waals surface area contributed by atoms with Crippen molar-refractivity contribution in [2.75, 3.05) is 13.2 Å². The fourth-order valence-corrected chi connectivity index (χ4v) is 4.37. The van der Waals surface area contributed by atoms with Gasteiger partial charge >= 0.3 is 5.97 Å². The molecule has 1 saturated carbocycles. The molecule has 28 heavy (non-hydrogen) atoms. The molecule has 0 heterocycles. The van der Waals surface area contributed by atoms with Crippen molar-refractivity contribution in [3.8, 4) is 0 Å². The van der Waals surface area contributed by atoms with Crippen LogP contribution in [0.5, 0.6) is 0 Å². The van der Waals surface area contributed by atoms with Crippen molar-refractivity contribution in [3.63, 3.8) is 0 Å². The average molecular weight is 411 g/mol. The highest BCUT2D eigenvalue weighted by molar-refractivity contribution is 7.89. The van der Waals surface area contributed by atoms with Gasteiger partial charge in [0.1, 0.15) is 0 Å². The number of hydrogen-bond donors (Lipinski definition) is 2. The lowest BCUT2D eigenvalue weighted by molar-refractivity contribution is -0.148. The van der Waals surface area contributed by atoms with Crippen molar-refractivity contribution in [2.24, 2.45) is 11.8 Å². The maximum atomic E-state index is 12.1. The molecule has 2 rings (SSSR count). The zero-order valence-electron chi connectivity index (χ0n) is 16.7. The number of benzene rings is 1. The van der Waals surface area contributed by atoms with E-state index in [1.807, 2.05) is 6.92 Å². The van der Waals surface area contributed by atoms with Crippen LogP contribution in [0, 0.1) is 18.8 Å². The minimum absolute atomic E-state index is 0.0894. The van der Waals surface area contributed by atoms with Crippen LogP contribution in [0.2, 0.25) is 0 Å². The molecule has 156 valence electrons. The molecular weight excluding hydrogens is 380 g/mol. The number of aryl methyl sites for hydroxylation is 1. The van der Waals surface area contributed by atoms with Crippen LogP contribution < -0.4 is 10.0 Å². The average Bonchev–Trinajstić information content (AvgIpc) is 2.64. The molecule has 0 aliphatic heterocycles. The lowest BCUT2D eigenvalue weighted by Gasteiger charge is -2.34. The van der Waals surface area contributed by atoms with Gasteiger partial charge in [-0.25, -0.2) is 13.1 Å². The van der Waals surface area contributed by atoms with Gasteiger partial charge in [0.25, 0.3) is 5.91 Å². The minimum Gasteiger partial charge on any atom is -0.456 e. The van der Waals surface area contributed by atoms with E-state index in [1.54, 1.807) is 12.1 Å². The molecule has 0 saturated heterocycles. The van der Waals surface area contributed by atoms with E-state index in [0.29, 0.717) is 11.8 Å². The van der Waals surface area contributed by atoms with Crippen LogP contribution in [0.15, 0.2) is 29.2 Å². The van der Waals surface area contributed by atoms with Gasteiger partial charge in [0, 0.05) is 12.6 Å². The summed E-state index contributed by atoms with van der Waals surface area (Å²) in [6.45, 7) is 5.74. The molecule has 1 aliphatic carbocycles. The summed E-state index contributed by atoms with van der Waals surface area (Å²) >= 11 is 0. The first-order chi connectivity index (χ1) is 13.2. The van der Waals surface area contributed by atoms with Gasteiger partial charge in [-0.15, -0.1) is 0 Å². The third-order valence-corrected chi connectivity index (χ3v) is 6.85. The van der Waals surface area contributed by atoms with Gasteiger partial charge in [0.15, 0.2) is 6.61 Å². The fraction of sp³-hybridized carbons (Fsp3) is 0.600. The molecule has 0 bridgehead atoms. The van der Waals surface area contributed by atoms with Crippen LogP contribution >= 0.6 is 0 Å². The van der Waals surface area contributed by atoms with Gasteiger partial charge in [0.05, 0.1) is 11.3 Å². The first kappa shape index (κ1) is 22.4. The van der Waals surface area contributed by atoms with Crippen molar-refractivity contribution < 1.29 is 22.7 Å². The summed E-state index contributed by atoms with van der Waals surface area (Å²) in [6, 6.07) is 6.53. The zero-order chi connectivity index (χ0) is 20.7. The van der Waals surface area contributed by atoms with E-state index in [9.17, 15) is 18.0 Å². The molecule has 1 aromatic carbocycles. The van der Waals surface area contributed by atoms with E-state index in [-0.39, 0.29) is 36.4 Å². The molecule has 1 aromatic rings. The molecule has 0 aromatic heterocycles. The van der Waals surface area contributed by atoms with Crippen LogP contribution in [0.1, 0.15) is 45.1 Å². The standard InChI is InChI=1S/C20H30N2O5S/c1-14-7-9-17(10-8-14)28(25,26)21-12-11-20(24)27-13-19(23)22-18-6-4-5-15(2)16(18)3/h7-10,15-16,18,21H,4-6,11-13H2,1-3H3,(H,22,23)/t15-,16+,18+/m1/s1. The lowest BCUT2D eigenvalue weighted by atomic mass is 9.78. The summed E-state index contributed by atoms with van der Waals surface area (Å²) in [7, 11) is -3.67. The van der Waals surface area contributed by atoms with Crippen LogP contribution in [-0.2, 0) is 24.3 Å². The molecule has 0 unspecified atom stereocenters. The Hall–Kier alpha value is -1.93. The molecule has 7 nitrogen and oxygen atoms in total. The number of amides is 1. The summed E-state index contributed by atoms with van der Waals surface area (Å²) in [6.07, 6.45) is 3.04. The smallest absolute Gasteiger partial charge is 0.307 e. The molecule has 1 amide bonds. The lowest BCUT2D eigenvalue weighted by Crippen LogP contribution is -2.45. The maximum Gasteiger partial charge on any atom is 0.307 e. The van der Waals surface area contributed by atoms with Gasteiger partial charge in [0.2, 0.25) is 10.0 Å². The third-order valence-electron chi connectivity index (χ3n) is 5.37. The summed E-state index contributed by atoms with van der Waals surface area (Å²) < 4.78 is 31.6. The van der Waals surface area contributed by atoms with Crippen molar-refractivity contribution in [2.45, 2.75) is 57.4 Å². The topological polar surface area (TPSA) is 102 Å². The van der Waals surface area contributed by atoms with Gasteiger partial charge in [-0.1, -0.05) is 44.4 Å². The normalized spacial score (nSPS) is 22.5. The second kappa shape index (κ2) is 10.0. The number of carbonyl (C=O) groups is 2. The Morgan fingerprint density at radius 1 is 1.14 bits per heavy atom. The molecule has 0 spiro atoms. The quantitative estimate of drug-likeness (QED) is 0.640. The van der Waals surface area contributed by atoms with Crippen LogP contribution in [-0.4, -0.2) is 39.5 Å². The Morgan fingerprint density at radius 2 is 1.82 bits per heavy atom. The van der Waals surface area contributed by atoms with Crippen molar-refractivity contribution in [3.05, 3.63) is 29.8 Å². The highest BCUT2D eigenvalue weighted by atomic mass is 32.2. The first-order valence-corrected chi connectivity index (χ1v) is 11.2. The molecule has 1 fully saturated rings. The highest BCUT2D eigenvalue weighted by Crippen LogP contribution is 2.29.